The van der Waals surface area contributed by atoms with E-state index in [1.54, 1.807) is 6.07 Å². The molecule has 0 saturated carbocycles. The van der Waals surface area contributed by atoms with Crippen LogP contribution < -0.4 is 5.32 Å². The SMILES string of the molecule is Cc1ccc2c(c1)C(=O)N(CCC1CCCN1)C2=O. The maximum Gasteiger partial charge on any atom is 0.261 e. The molecule has 2 heterocycles. The molecule has 1 saturated heterocycles. The van der Waals surface area contributed by atoms with Crippen molar-refractivity contribution in [3.63, 3.8) is 0 Å². The zero-order valence-electron chi connectivity index (χ0n) is 11.1. The third-order valence-corrected chi connectivity index (χ3v) is 3.99. The van der Waals surface area contributed by atoms with Crippen molar-refractivity contribution in [3.05, 3.63) is 34.9 Å². The minimum absolute atomic E-state index is 0.137. The van der Waals surface area contributed by atoms with Gasteiger partial charge in [-0.1, -0.05) is 11.6 Å². The van der Waals surface area contributed by atoms with Gasteiger partial charge >= 0.3 is 0 Å². The van der Waals surface area contributed by atoms with E-state index in [4.69, 9.17) is 0 Å². The van der Waals surface area contributed by atoms with E-state index in [0.29, 0.717) is 23.7 Å². The summed E-state index contributed by atoms with van der Waals surface area (Å²) in [7, 11) is 0. The minimum Gasteiger partial charge on any atom is -0.314 e. The van der Waals surface area contributed by atoms with Crippen LogP contribution in [0.15, 0.2) is 18.2 Å². The number of nitrogens with one attached hydrogen (secondary N) is 1. The fraction of sp³-hybridized carbons (Fsp3) is 0.467. The first-order valence-electron chi connectivity index (χ1n) is 6.87. The van der Waals surface area contributed by atoms with Gasteiger partial charge in [0.1, 0.15) is 0 Å². The molecule has 1 atom stereocenters. The van der Waals surface area contributed by atoms with Crippen LogP contribution in [-0.2, 0) is 0 Å². The van der Waals surface area contributed by atoms with Gasteiger partial charge in [-0.15, -0.1) is 0 Å². The number of rotatable bonds is 3. The van der Waals surface area contributed by atoms with E-state index in [0.717, 1.165) is 24.9 Å². The molecule has 0 aliphatic carbocycles. The lowest BCUT2D eigenvalue weighted by molar-refractivity contribution is 0.0649. The minimum atomic E-state index is -0.141. The zero-order valence-corrected chi connectivity index (χ0v) is 11.1. The van der Waals surface area contributed by atoms with Crippen LogP contribution in [0.1, 0.15) is 45.5 Å². The van der Waals surface area contributed by atoms with E-state index >= 15 is 0 Å². The number of fused-ring (bicyclic) bond motifs is 1. The third kappa shape index (κ3) is 2.16. The first-order chi connectivity index (χ1) is 9.16. The van der Waals surface area contributed by atoms with Crippen molar-refractivity contribution in [1.82, 2.24) is 10.2 Å². The molecule has 0 aromatic heterocycles. The van der Waals surface area contributed by atoms with Crippen LogP contribution in [0.4, 0.5) is 0 Å². The molecule has 1 fully saturated rings. The van der Waals surface area contributed by atoms with Crippen LogP contribution >= 0.6 is 0 Å². The molecule has 1 unspecified atom stereocenters. The average Bonchev–Trinajstić information content (AvgIpc) is 2.98. The first-order valence-corrected chi connectivity index (χ1v) is 6.87. The fourth-order valence-corrected chi connectivity index (χ4v) is 2.90. The van der Waals surface area contributed by atoms with E-state index in [1.807, 2.05) is 19.1 Å². The largest absolute Gasteiger partial charge is 0.314 e. The number of imide groups is 1. The number of aryl methyl sites for hydroxylation is 1. The van der Waals surface area contributed by atoms with Gasteiger partial charge in [0.15, 0.2) is 0 Å². The maximum atomic E-state index is 12.2. The third-order valence-electron chi connectivity index (χ3n) is 3.99. The van der Waals surface area contributed by atoms with Crippen molar-refractivity contribution in [2.24, 2.45) is 0 Å². The van der Waals surface area contributed by atoms with Gasteiger partial charge in [-0.25, -0.2) is 0 Å². The second-order valence-corrected chi connectivity index (χ2v) is 5.39. The Morgan fingerprint density at radius 1 is 1.26 bits per heavy atom. The number of nitrogens with zero attached hydrogens (tertiary/aromatic N) is 1. The van der Waals surface area contributed by atoms with Gasteiger partial charge in [-0.2, -0.15) is 0 Å². The Bertz CT molecular complexity index is 533. The van der Waals surface area contributed by atoms with Gasteiger partial charge in [0.2, 0.25) is 0 Å². The number of benzene rings is 1. The summed E-state index contributed by atoms with van der Waals surface area (Å²) in [5.74, 6) is -0.278. The Labute approximate surface area is 112 Å². The van der Waals surface area contributed by atoms with Gasteiger partial charge < -0.3 is 5.32 Å². The van der Waals surface area contributed by atoms with Crippen LogP contribution in [0.5, 0.6) is 0 Å². The highest BCUT2D eigenvalue weighted by atomic mass is 16.2. The molecule has 2 aliphatic rings. The summed E-state index contributed by atoms with van der Waals surface area (Å²) in [5.41, 5.74) is 2.12. The summed E-state index contributed by atoms with van der Waals surface area (Å²) >= 11 is 0. The second-order valence-electron chi connectivity index (χ2n) is 5.39. The molecule has 19 heavy (non-hydrogen) atoms. The highest BCUT2D eigenvalue weighted by molar-refractivity contribution is 6.21. The number of hydrogen-bond donors (Lipinski definition) is 1. The summed E-state index contributed by atoms with van der Waals surface area (Å²) < 4.78 is 0. The van der Waals surface area contributed by atoms with Crippen LogP contribution in [0.3, 0.4) is 0 Å². The summed E-state index contributed by atoms with van der Waals surface area (Å²) in [5, 5.41) is 3.39. The lowest BCUT2D eigenvalue weighted by atomic mass is 10.1. The van der Waals surface area contributed by atoms with Crippen molar-refractivity contribution in [2.45, 2.75) is 32.2 Å². The highest BCUT2D eigenvalue weighted by Crippen LogP contribution is 2.24. The van der Waals surface area contributed by atoms with Crippen molar-refractivity contribution < 1.29 is 9.59 Å². The van der Waals surface area contributed by atoms with E-state index in [2.05, 4.69) is 5.32 Å². The zero-order chi connectivity index (χ0) is 13.4. The molecule has 2 aliphatic heterocycles. The maximum absolute atomic E-state index is 12.2. The van der Waals surface area contributed by atoms with Crippen molar-refractivity contribution in [2.75, 3.05) is 13.1 Å². The van der Waals surface area contributed by atoms with Crippen LogP contribution in [0.25, 0.3) is 0 Å². The van der Waals surface area contributed by atoms with Crippen LogP contribution in [-0.4, -0.2) is 35.8 Å². The number of hydrogen-bond acceptors (Lipinski definition) is 3. The first kappa shape index (κ1) is 12.4. The standard InChI is InChI=1S/C15H18N2O2/c1-10-4-5-12-13(9-10)15(19)17(14(12)18)8-6-11-3-2-7-16-11/h4-5,9,11,16H,2-3,6-8H2,1H3. The van der Waals surface area contributed by atoms with Gasteiger partial charge in [0.05, 0.1) is 11.1 Å². The predicted octanol–water partition coefficient (Wildman–Crippen LogP) is 1.73. The van der Waals surface area contributed by atoms with Gasteiger partial charge in [0.25, 0.3) is 11.8 Å². The lowest BCUT2D eigenvalue weighted by Crippen LogP contribution is -2.34. The van der Waals surface area contributed by atoms with Crippen molar-refractivity contribution in [1.29, 1.82) is 0 Å². The predicted molar refractivity (Wildman–Crippen MR) is 72.2 cm³/mol. The van der Waals surface area contributed by atoms with Crippen LogP contribution in [0.2, 0.25) is 0 Å². The highest BCUT2D eigenvalue weighted by Gasteiger charge is 2.35. The molecule has 4 heteroatoms. The molecule has 100 valence electrons. The molecule has 0 bridgehead atoms. The Balaban J connectivity index is 1.74. The molecular weight excluding hydrogens is 240 g/mol. The number of carbonyl (C=O) groups excluding carboxylic acids is 2. The monoisotopic (exact) mass is 258 g/mol. The second kappa shape index (κ2) is 4.78. The average molecular weight is 258 g/mol. The quantitative estimate of drug-likeness (QED) is 0.840. The van der Waals surface area contributed by atoms with Gasteiger partial charge in [-0.3, -0.25) is 14.5 Å². The summed E-state index contributed by atoms with van der Waals surface area (Å²) in [6.07, 6.45) is 3.18. The molecule has 1 N–H and O–H groups in total. The molecule has 2 amide bonds. The summed E-state index contributed by atoms with van der Waals surface area (Å²) in [4.78, 5) is 25.8. The molecule has 1 aromatic rings. The molecular formula is C15H18N2O2. The summed E-state index contributed by atoms with van der Waals surface area (Å²) in [6.45, 7) is 3.50. The normalized spacial score (nSPS) is 22.2. The summed E-state index contributed by atoms with van der Waals surface area (Å²) in [6, 6.07) is 5.90. The smallest absolute Gasteiger partial charge is 0.261 e. The Hall–Kier alpha value is -1.68. The number of carbonyl (C=O) groups is 2. The van der Waals surface area contributed by atoms with E-state index < -0.39 is 0 Å². The lowest BCUT2D eigenvalue weighted by Gasteiger charge is -2.16. The Morgan fingerprint density at radius 2 is 2.05 bits per heavy atom. The van der Waals surface area contributed by atoms with E-state index in [9.17, 15) is 9.59 Å². The number of amides is 2. The Kier molecular flexibility index (Phi) is 3.11. The Morgan fingerprint density at radius 3 is 2.79 bits per heavy atom. The fourth-order valence-electron chi connectivity index (χ4n) is 2.90. The van der Waals surface area contributed by atoms with Crippen molar-refractivity contribution in [3.8, 4) is 0 Å². The topological polar surface area (TPSA) is 49.4 Å². The van der Waals surface area contributed by atoms with Gasteiger partial charge in [-0.05, 0) is 44.9 Å². The van der Waals surface area contributed by atoms with Crippen LogP contribution in [0, 0.1) is 6.92 Å². The van der Waals surface area contributed by atoms with Gasteiger partial charge in [0, 0.05) is 12.6 Å². The molecule has 1 aromatic carbocycles. The van der Waals surface area contributed by atoms with E-state index in [1.165, 1.54) is 11.3 Å². The molecule has 4 nitrogen and oxygen atoms in total. The molecule has 3 rings (SSSR count). The molecule has 0 radical (unpaired) electrons. The van der Waals surface area contributed by atoms with E-state index in [-0.39, 0.29) is 11.8 Å². The molecule has 0 spiro atoms. The van der Waals surface area contributed by atoms with Crippen molar-refractivity contribution >= 4 is 11.8 Å².